The summed E-state index contributed by atoms with van der Waals surface area (Å²) in [6, 6.07) is 2.07. The molecule has 0 aliphatic heterocycles. The lowest BCUT2D eigenvalue weighted by Crippen LogP contribution is -2.23. The number of fused-ring (bicyclic) bond motifs is 1. The second-order valence-electron chi connectivity index (χ2n) is 5.13. The molecule has 1 unspecified atom stereocenters. The Hall–Kier alpha value is -1.07. The van der Waals surface area contributed by atoms with Crippen molar-refractivity contribution in [1.82, 2.24) is 0 Å². The van der Waals surface area contributed by atoms with Gasteiger partial charge in [-0.15, -0.1) is 0 Å². The highest BCUT2D eigenvalue weighted by Crippen LogP contribution is 2.40. The van der Waals surface area contributed by atoms with Gasteiger partial charge in [-0.05, 0) is 58.8 Å². The molecule has 0 saturated heterocycles. The van der Waals surface area contributed by atoms with Gasteiger partial charge in [0.25, 0.3) is 0 Å². The highest BCUT2D eigenvalue weighted by atomic mass is 79.9. The first-order valence-electron chi connectivity index (χ1n) is 6.91. The number of carboxylic acids is 1. The average molecular weight is 342 g/mol. The Balaban J connectivity index is 2.67. The molecule has 3 N–H and O–H groups in total. The van der Waals surface area contributed by atoms with Gasteiger partial charge in [0, 0.05) is 12.1 Å². The summed E-state index contributed by atoms with van der Waals surface area (Å²) in [5, 5.41) is 9.46. The van der Waals surface area contributed by atoms with Crippen LogP contribution in [-0.2, 0) is 17.6 Å². The molecule has 0 saturated carbocycles. The van der Waals surface area contributed by atoms with E-state index < -0.39 is 11.9 Å². The summed E-state index contributed by atoms with van der Waals surface area (Å²) < 4.78 is 6.27. The van der Waals surface area contributed by atoms with E-state index in [4.69, 9.17) is 10.5 Å². The lowest BCUT2D eigenvalue weighted by atomic mass is 9.88. The highest BCUT2D eigenvalue weighted by molar-refractivity contribution is 9.10. The summed E-state index contributed by atoms with van der Waals surface area (Å²) in [7, 11) is 1.57. The van der Waals surface area contributed by atoms with Gasteiger partial charge >= 0.3 is 5.97 Å². The van der Waals surface area contributed by atoms with Gasteiger partial charge < -0.3 is 15.6 Å². The van der Waals surface area contributed by atoms with E-state index in [1.807, 2.05) is 0 Å². The van der Waals surface area contributed by atoms with E-state index in [1.165, 1.54) is 12.0 Å². The van der Waals surface area contributed by atoms with Crippen molar-refractivity contribution in [3.05, 3.63) is 27.2 Å². The van der Waals surface area contributed by atoms with Crippen molar-refractivity contribution in [3.63, 3.8) is 0 Å². The van der Waals surface area contributed by atoms with Crippen LogP contribution in [0.1, 0.15) is 41.9 Å². The fourth-order valence-electron chi connectivity index (χ4n) is 2.97. The predicted molar refractivity (Wildman–Crippen MR) is 81.4 cm³/mol. The summed E-state index contributed by atoms with van der Waals surface area (Å²) in [5.74, 6) is -0.992. The minimum atomic E-state index is -0.893. The Morgan fingerprint density at radius 1 is 1.45 bits per heavy atom. The molecule has 0 fully saturated rings. The van der Waals surface area contributed by atoms with Crippen molar-refractivity contribution >= 4 is 21.9 Å². The highest BCUT2D eigenvalue weighted by Gasteiger charge is 2.29. The van der Waals surface area contributed by atoms with Crippen molar-refractivity contribution < 1.29 is 14.6 Å². The van der Waals surface area contributed by atoms with Crippen LogP contribution in [0.4, 0.5) is 0 Å². The largest absolute Gasteiger partial charge is 0.495 e. The van der Waals surface area contributed by atoms with E-state index >= 15 is 0 Å². The molecule has 1 aliphatic rings. The minimum absolute atomic E-state index is 0.0780. The van der Waals surface area contributed by atoms with Gasteiger partial charge in [-0.3, -0.25) is 4.79 Å². The number of carbonyl (C=O) groups is 1. The molecule has 0 aromatic heterocycles. The first-order chi connectivity index (χ1) is 9.60. The van der Waals surface area contributed by atoms with Gasteiger partial charge in [-0.1, -0.05) is 6.42 Å². The molecule has 0 spiro atoms. The second-order valence-corrected chi connectivity index (χ2v) is 5.98. The van der Waals surface area contributed by atoms with Crippen molar-refractivity contribution in [2.45, 2.75) is 38.0 Å². The molecule has 5 heteroatoms. The van der Waals surface area contributed by atoms with Gasteiger partial charge in [-0.2, -0.15) is 0 Å². The van der Waals surface area contributed by atoms with E-state index in [0.717, 1.165) is 41.3 Å². The van der Waals surface area contributed by atoms with Crippen LogP contribution in [0.15, 0.2) is 10.5 Å². The van der Waals surface area contributed by atoms with E-state index in [-0.39, 0.29) is 6.54 Å². The summed E-state index contributed by atoms with van der Waals surface area (Å²) in [5.41, 5.74) is 8.81. The Bertz CT molecular complexity index is 516. The van der Waals surface area contributed by atoms with Crippen LogP contribution in [0.25, 0.3) is 0 Å². The second kappa shape index (κ2) is 6.59. The van der Waals surface area contributed by atoms with Gasteiger partial charge in [0.05, 0.1) is 17.5 Å². The van der Waals surface area contributed by atoms with Crippen molar-refractivity contribution in [1.29, 1.82) is 0 Å². The van der Waals surface area contributed by atoms with Gasteiger partial charge in [0.2, 0.25) is 0 Å². The van der Waals surface area contributed by atoms with Crippen LogP contribution in [0, 0.1) is 0 Å². The number of nitrogens with two attached hydrogens (primary N) is 1. The van der Waals surface area contributed by atoms with Gasteiger partial charge in [0.1, 0.15) is 5.75 Å². The van der Waals surface area contributed by atoms with Crippen LogP contribution in [0.2, 0.25) is 0 Å². The molecule has 0 bridgehead atoms. The number of methoxy groups -OCH3 is 1. The third-order valence-corrected chi connectivity index (χ3v) is 4.52. The van der Waals surface area contributed by atoms with E-state index in [9.17, 15) is 9.90 Å². The molecule has 0 amide bonds. The number of aliphatic carboxylic acids is 1. The predicted octanol–water partition coefficient (Wildman–Crippen LogP) is 2.85. The smallest absolute Gasteiger partial charge is 0.312 e. The SMILES string of the molecule is COc1c(Br)cc2c(c1C(CN)C(=O)O)CCCCC2. The zero-order valence-corrected chi connectivity index (χ0v) is 13.2. The zero-order valence-electron chi connectivity index (χ0n) is 11.6. The maximum absolute atomic E-state index is 11.5. The molecule has 1 aliphatic carbocycles. The third-order valence-electron chi connectivity index (χ3n) is 3.93. The van der Waals surface area contributed by atoms with Crippen LogP contribution < -0.4 is 10.5 Å². The molecule has 1 atom stereocenters. The molecule has 1 aromatic carbocycles. The Kier molecular flexibility index (Phi) is 5.05. The number of halogens is 1. The van der Waals surface area contributed by atoms with Gasteiger partial charge in [0.15, 0.2) is 0 Å². The average Bonchev–Trinajstić information content (AvgIpc) is 2.64. The quantitative estimate of drug-likeness (QED) is 0.826. The van der Waals surface area contributed by atoms with Crippen LogP contribution in [0.3, 0.4) is 0 Å². The number of aryl methyl sites for hydroxylation is 1. The third kappa shape index (κ3) is 2.83. The standard InChI is InChI=1S/C15H20BrNO3/c1-20-14-12(16)7-9-5-3-2-4-6-10(9)13(14)11(8-17)15(18)19/h7,11H,2-6,8,17H2,1H3,(H,18,19). The normalized spacial score (nSPS) is 16.1. The first-order valence-corrected chi connectivity index (χ1v) is 7.70. The zero-order chi connectivity index (χ0) is 14.7. The lowest BCUT2D eigenvalue weighted by molar-refractivity contribution is -0.138. The molecule has 0 radical (unpaired) electrons. The molecule has 2 rings (SSSR count). The molecule has 4 nitrogen and oxygen atoms in total. The van der Waals surface area contributed by atoms with Crippen molar-refractivity contribution in [3.8, 4) is 5.75 Å². The minimum Gasteiger partial charge on any atom is -0.495 e. The number of ether oxygens (including phenoxy) is 1. The van der Waals surface area contributed by atoms with Crippen molar-refractivity contribution in [2.75, 3.05) is 13.7 Å². The molecular formula is C15H20BrNO3. The van der Waals surface area contributed by atoms with Crippen LogP contribution in [0.5, 0.6) is 5.75 Å². The summed E-state index contributed by atoms with van der Waals surface area (Å²) >= 11 is 3.50. The number of hydrogen-bond acceptors (Lipinski definition) is 3. The number of carboxylic acid groups (broad SMARTS) is 1. The monoisotopic (exact) mass is 341 g/mol. The Morgan fingerprint density at radius 2 is 2.15 bits per heavy atom. The maximum atomic E-state index is 11.5. The Morgan fingerprint density at radius 3 is 2.75 bits per heavy atom. The molecule has 1 aromatic rings. The summed E-state index contributed by atoms with van der Waals surface area (Å²) in [6.45, 7) is 0.0780. The van der Waals surface area contributed by atoms with E-state index in [0.29, 0.717) is 5.75 Å². The number of rotatable bonds is 4. The lowest BCUT2D eigenvalue weighted by Gasteiger charge is -2.22. The number of hydrogen-bond donors (Lipinski definition) is 2. The summed E-state index contributed by atoms with van der Waals surface area (Å²) in [6.07, 6.45) is 5.29. The fraction of sp³-hybridized carbons (Fsp3) is 0.533. The Labute approximate surface area is 127 Å². The number of benzene rings is 1. The topological polar surface area (TPSA) is 72.5 Å². The van der Waals surface area contributed by atoms with Crippen LogP contribution >= 0.6 is 15.9 Å². The maximum Gasteiger partial charge on any atom is 0.312 e. The van der Waals surface area contributed by atoms with Crippen LogP contribution in [-0.4, -0.2) is 24.7 Å². The molecule has 110 valence electrons. The summed E-state index contributed by atoms with van der Waals surface area (Å²) in [4.78, 5) is 11.5. The molecule has 0 heterocycles. The van der Waals surface area contributed by atoms with E-state index in [2.05, 4.69) is 22.0 Å². The fourth-order valence-corrected chi connectivity index (χ4v) is 3.63. The molecular weight excluding hydrogens is 322 g/mol. The first kappa shape index (κ1) is 15.3. The van der Waals surface area contributed by atoms with Gasteiger partial charge in [-0.25, -0.2) is 0 Å². The van der Waals surface area contributed by atoms with Crippen molar-refractivity contribution in [2.24, 2.45) is 5.73 Å². The molecule has 20 heavy (non-hydrogen) atoms. The van der Waals surface area contributed by atoms with E-state index in [1.54, 1.807) is 7.11 Å².